The summed E-state index contributed by atoms with van der Waals surface area (Å²) in [6.07, 6.45) is 4.78. The molecule has 0 spiro atoms. The van der Waals surface area contributed by atoms with Crippen molar-refractivity contribution in [2.75, 3.05) is 12.3 Å². The molecule has 2 aromatic rings. The molecule has 0 unspecified atom stereocenters. The molecule has 0 amide bonds. The summed E-state index contributed by atoms with van der Waals surface area (Å²) in [7, 11) is -3.58. The highest BCUT2D eigenvalue weighted by atomic mass is 32.2. The Hall–Kier alpha value is -1.86. The summed E-state index contributed by atoms with van der Waals surface area (Å²) in [6.45, 7) is 4.11. The van der Waals surface area contributed by atoms with Gasteiger partial charge >= 0.3 is 0 Å². The Kier molecular flexibility index (Phi) is 4.64. The highest BCUT2D eigenvalue weighted by Crippen LogP contribution is 2.22. The van der Waals surface area contributed by atoms with Crippen LogP contribution in [0.1, 0.15) is 23.4 Å². The van der Waals surface area contributed by atoms with Gasteiger partial charge in [-0.15, -0.1) is 0 Å². The summed E-state index contributed by atoms with van der Waals surface area (Å²) >= 11 is 0. The minimum Gasteiger partial charge on any atom is -0.398 e. The fourth-order valence-electron chi connectivity index (χ4n) is 2.02. The van der Waals surface area contributed by atoms with Crippen molar-refractivity contribution in [3.63, 3.8) is 0 Å². The van der Waals surface area contributed by atoms with Gasteiger partial charge in [0.1, 0.15) is 10.7 Å². The number of nitrogen functional groups attached to an aromatic ring is 1. The van der Waals surface area contributed by atoms with E-state index in [0.29, 0.717) is 19.4 Å². The number of hydrogen-bond donors (Lipinski definition) is 3. The first kappa shape index (κ1) is 15.5. The zero-order chi connectivity index (χ0) is 15.5. The number of nitrogens with one attached hydrogen (secondary N) is 2. The average molecular weight is 308 g/mol. The molecule has 1 aromatic carbocycles. The molecule has 0 aliphatic heterocycles. The van der Waals surface area contributed by atoms with Crippen LogP contribution in [-0.4, -0.2) is 24.9 Å². The third kappa shape index (κ3) is 3.83. The van der Waals surface area contributed by atoms with Crippen molar-refractivity contribution in [2.24, 2.45) is 0 Å². The monoisotopic (exact) mass is 308 g/mol. The predicted molar refractivity (Wildman–Crippen MR) is 82.4 cm³/mol. The Morgan fingerprint density at radius 1 is 1.29 bits per heavy atom. The number of nitrogens with zero attached hydrogens (tertiary/aromatic N) is 1. The van der Waals surface area contributed by atoms with Gasteiger partial charge in [-0.25, -0.2) is 18.1 Å². The Bertz CT molecular complexity index is 709. The van der Waals surface area contributed by atoms with E-state index in [-0.39, 0.29) is 10.6 Å². The Morgan fingerprint density at radius 2 is 2.00 bits per heavy atom. The number of aryl methyl sites for hydroxylation is 3. The van der Waals surface area contributed by atoms with Crippen molar-refractivity contribution in [3.05, 3.63) is 41.5 Å². The molecule has 0 saturated heterocycles. The molecule has 0 bridgehead atoms. The fourth-order valence-corrected chi connectivity index (χ4v) is 3.29. The molecule has 4 N–H and O–H groups in total. The lowest BCUT2D eigenvalue weighted by atomic mass is 10.1. The molecule has 7 heteroatoms. The van der Waals surface area contributed by atoms with Crippen LogP contribution in [0.5, 0.6) is 0 Å². The van der Waals surface area contributed by atoms with Gasteiger partial charge in [0.05, 0.1) is 5.69 Å². The lowest BCUT2D eigenvalue weighted by Crippen LogP contribution is -2.26. The minimum absolute atomic E-state index is 0.142. The second-order valence-corrected chi connectivity index (χ2v) is 6.75. The van der Waals surface area contributed by atoms with Crippen molar-refractivity contribution in [3.8, 4) is 0 Å². The number of aromatic amines is 1. The summed E-state index contributed by atoms with van der Waals surface area (Å²) in [6, 6.07) is 3.30. The van der Waals surface area contributed by atoms with Crippen molar-refractivity contribution in [1.29, 1.82) is 0 Å². The number of benzene rings is 1. The van der Waals surface area contributed by atoms with Gasteiger partial charge in [0.2, 0.25) is 10.0 Å². The second kappa shape index (κ2) is 6.28. The first-order valence-corrected chi connectivity index (χ1v) is 8.23. The van der Waals surface area contributed by atoms with E-state index in [1.807, 2.05) is 13.8 Å². The molecule has 0 aliphatic carbocycles. The molecule has 6 nitrogen and oxygen atoms in total. The average Bonchev–Trinajstić information content (AvgIpc) is 2.92. The van der Waals surface area contributed by atoms with Crippen LogP contribution in [0.2, 0.25) is 0 Å². The molecule has 0 atom stereocenters. The number of nitrogens with two attached hydrogens (primary N) is 1. The number of rotatable bonds is 6. The van der Waals surface area contributed by atoms with E-state index in [1.165, 1.54) is 0 Å². The number of sulfonamides is 1. The minimum atomic E-state index is -3.58. The summed E-state index contributed by atoms with van der Waals surface area (Å²) in [5.74, 6) is 0.847. The van der Waals surface area contributed by atoms with Gasteiger partial charge in [-0.05, 0) is 43.5 Å². The van der Waals surface area contributed by atoms with Gasteiger partial charge in [-0.1, -0.05) is 0 Å². The van der Waals surface area contributed by atoms with E-state index >= 15 is 0 Å². The van der Waals surface area contributed by atoms with Gasteiger partial charge in [0, 0.05) is 25.4 Å². The Labute approximate surface area is 124 Å². The van der Waals surface area contributed by atoms with Crippen molar-refractivity contribution in [1.82, 2.24) is 14.7 Å². The highest BCUT2D eigenvalue weighted by Gasteiger charge is 2.17. The van der Waals surface area contributed by atoms with E-state index in [4.69, 9.17) is 5.73 Å². The Balaban J connectivity index is 2.00. The lowest BCUT2D eigenvalue weighted by molar-refractivity contribution is 0.578. The second-order valence-electron chi connectivity index (χ2n) is 5.01. The number of anilines is 1. The molecule has 114 valence electrons. The molecule has 0 radical (unpaired) electrons. The highest BCUT2D eigenvalue weighted by molar-refractivity contribution is 7.89. The normalized spacial score (nSPS) is 11.7. The number of hydrogen-bond acceptors (Lipinski definition) is 4. The van der Waals surface area contributed by atoms with Gasteiger partial charge in [0.15, 0.2) is 0 Å². The van der Waals surface area contributed by atoms with E-state index in [1.54, 1.807) is 24.5 Å². The summed E-state index contributed by atoms with van der Waals surface area (Å²) in [5, 5.41) is 0. The van der Waals surface area contributed by atoms with Crippen molar-refractivity contribution < 1.29 is 8.42 Å². The SMILES string of the molecule is Cc1cc(N)c(S(=O)(=O)NCCCc2ncc[nH]2)cc1C. The topological polar surface area (TPSA) is 101 Å². The van der Waals surface area contributed by atoms with Crippen LogP contribution in [0.4, 0.5) is 5.69 Å². The molecule has 1 heterocycles. The number of aromatic nitrogens is 2. The van der Waals surface area contributed by atoms with Crippen LogP contribution < -0.4 is 10.5 Å². The van der Waals surface area contributed by atoms with Gasteiger partial charge in [-0.2, -0.15) is 0 Å². The molecule has 21 heavy (non-hydrogen) atoms. The molecule has 0 fully saturated rings. The van der Waals surface area contributed by atoms with Crippen LogP contribution in [0.15, 0.2) is 29.4 Å². The maximum atomic E-state index is 12.3. The zero-order valence-electron chi connectivity index (χ0n) is 12.2. The molecule has 0 aliphatic rings. The van der Waals surface area contributed by atoms with Crippen LogP contribution in [0.25, 0.3) is 0 Å². The van der Waals surface area contributed by atoms with Crippen LogP contribution in [0, 0.1) is 13.8 Å². The summed E-state index contributed by atoms with van der Waals surface area (Å²) in [5.41, 5.74) is 7.98. The predicted octanol–water partition coefficient (Wildman–Crippen LogP) is 1.52. The first-order valence-electron chi connectivity index (χ1n) is 6.75. The van der Waals surface area contributed by atoms with Crippen LogP contribution in [-0.2, 0) is 16.4 Å². The summed E-state index contributed by atoms with van der Waals surface area (Å²) < 4.78 is 27.1. The van der Waals surface area contributed by atoms with Gasteiger partial charge in [0.25, 0.3) is 0 Å². The number of imidazole rings is 1. The Morgan fingerprint density at radius 3 is 2.67 bits per heavy atom. The quantitative estimate of drug-likeness (QED) is 0.556. The molecular weight excluding hydrogens is 288 g/mol. The van der Waals surface area contributed by atoms with E-state index in [9.17, 15) is 8.42 Å². The smallest absolute Gasteiger partial charge is 0.242 e. The van der Waals surface area contributed by atoms with E-state index in [0.717, 1.165) is 17.0 Å². The lowest BCUT2D eigenvalue weighted by Gasteiger charge is -2.11. The van der Waals surface area contributed by atoms with E-state index in [2.05, 4.69) is 14.7 Å². The maximum absolute atomic E-state index is 12.3. The molecular formula is C14H20N4O2S. The number of H-pyrrole nitrogens is 1. The van der Waals surface area contributed by atoms with E-state index < -0.39 is 10.0 Å². The van der Waals surface area contributed by atoms with Crippen molar-refractivity contribution >= 4 is 15.7 Å². The van der Waals surface area contributed by atoms with Crippen molar-refractivity contribution in [2.45, 2.75) is 31.6 Å². The van der Waals surface area contributed by atoms with Crippen LogP contribution >= 0.6 is 0 Å². The molecule has 0 saturated carbocycles. The third-order valence-corrected chi connectivity index (χ3v) is 4.87. The van der Waals surface area contributed by atoms with Gasteiger partial charge < -0.3 is 10.7 Å². The summed E-state index contributed by atoms with van der Waals surface area (Å²) in [4.78, 5) is 7.21. The fraction of sp³-hybridized carbons (Fsp3) is 0.357. The zero-order valence-corrected chi connectivity index (χ0v) is 13.0. The molecule has 1 aromatic heterocycles. The standard InChI is InChI=1S/C14H20N4O2S/c1-10-8-12(15)13(9-11(10)2)21(19,20)18-5-3-4-14-16-6-7-17-14/h6-9,18H,3-5,15H2,1-2H3,(H,16,17). The third-order valence-electron chi connectivity index (χ3n) is 3.35. The largest absolute Gasteiger partial charge is 0.398 e. The van der Waals surface area contributed by atoms with Crippen LogP contribution in [0.3, 0.4) is 0 Å². The van der Waals surface area contributed by atoms with Gasteiger partial charge in [-0.3, -0.25) is 0 Å². The molecule has 2 rings (SSSR count). The first-order chi connectivity index (χ1) is 9.90. The maximum Gasteiger partial charge on any atom is 0.242 e.